The first kappa shape index (κ1) is 26.8. The molecule has 0 bridgehead atoms. The van der Waals surface area contributed by atoms with Crippen molar-refractivity contribution in [2.24, 2.45) is 18.9 Å². The van der Waals surface area contributed by atoms with Crippen molar-refractivity contribution in [2.45, 2.75) is 79.6 Å². The van der Waals surface area contributed by atoms with Crippen molar-refractivity contribution in [2.75, 3.05) is 0 Å². The molecule has 2 aromatic heterocycles. The zero-order valence-electron chi connectivity index (χ0n) is 25.8. The summed E-state index contributed by atoms with van der Waals surface area (Å²) >= 11 is 0. The van der Waals surface area contributed by atoms with Gasteiger partial charge in [0.15, 0.2) is 6.20 Å². The summed E-state index contributed by atoms with van der Waals surface area (Å²) in [4.78, 5) is 0. The lowest BCUT2D eigenvalue weighted by Crippen LogP contribution is -2.32. The van der Waals surface area contributed by atoms with E-state index in [2.05, 4.69) is 128 Å². The van der Waals surface area contributed by atoms with E-state index in [4.69, 9.17) is 4.42 Å². The summed E-state index contributed by atoms with van der Waals surface area (Å²) in [6, 6.07) is 20.7. The van der Waals surface area contributed by atoms with Crippen molar-refractivity contribution in [3.8, 4) is 22.4 Å². The van der Waals surface area contributed by atoms with Crippen molar-refractivity contribution in [1.29, 1.82) is 0 Å². The highest BCUT2D eigenvalue weighted by atomic mass is 16.3. The minimum Gasteiger partial charge on any atom is -0.455 e. The standard InChI is InChI=1S/C38H44NO/c1-22(2)19-38(20-23(3)4)31-13-11-10-12-27(31)28-16-17-33-35(36(28)38)29-15-14-25(7)34(37(29)40-33)32-18-30(24(5)6)26(8)21-39(32)9/h10-18,21-24H,19-20H2,1-9H3/q+1. The zero-order chi connectivity index (χ0) is 28.5. The van der Waals surface area contributed by atoms with Crippen LogP contribution in [0.15, 0.2) is 65.2 Å². The van der Waals surface area contributed by atoms with Crippen LogP contribution in [0.3, 0.4) is 0 Å². The maximum absolute atomic E-state index is 6.92. The minimum atomic E-state index is -0.0328. The van der Waals surface area contributed by atoms with Crippen molar-refractivity contribution in [3.05, 3.63) is 88.6 Å². The summed E-state index contributed by atoms with van der Waals surface area (Å²) in [6.45, 7) is 18.5. The largest absolute Gasteiger partial charge is 0.455 e. The van der Waals surface area contributed by atoms with Crippen LogP contribution in [-0.4, -0.2) is 0 Å². The van der Waals surface area contributed by atoms with Gasteiger partial charge in [-0.1, -0.05) is 84.0 Å². The van der Waals surface area contributed by atoms with Gasteiger partial charge in [0.1, 0.15) is 18.2 Å². The maximum Gasteiger partial charge on any atom is 0.216 e. The van der Waals surface area contributed by atoms with E-state index in [1.54, 1.807) is 0 Å². The molecule has 0 radical (unpaired) electrons. The number of nitrogens with zero attached hydrogens (tertiary/aromatic N) is 1. The van der Waals surface area contributed by atoms with Crippen molar-refractivity contribution < 1.29 is 8.98 Å². The second-order valence-electron chi connectivity index (χ2n) is 13.5. The van der Waals surface area contributed by atoms with Gasteiger partial charge in [0.2, 0.25) is 5.69 Å². The summed E-state index contributed by atoms with van der Waals surface area (Å²) in [7, 11) is 2.16. The fourth-order valence-corrected chi connectivity index (χ4v) is 7.91. The van der Waals surface area contributed by atoms with Crippen LogP contribution >= 0.6 is 0 Å². The van der Waals surface area contributed by atoms with E-state index in [0.717, 1.165) is 24.0 Å². The van der Waals surface area contributed by atoms with Crippen molar-refractivity contribution in [3.63, 3.8) is 0 Å². The Hall–Kier alpha value is -3.39. The number of aryl methyl sites for hydroxylation is 3. The summed E-state index contributed by atoms with van der Waals surface area (Å²) in [5.41, 5.74) is 14.1. The molecule has 0 spiro atoms. The average molecular weight is 531 g/mol. The van der Waals surface area contributed by atoms with Gasteiger partial charge in [-0.2, -0.15) is 0 Å². The van der Waals surface area contributed by atoms with Crippen LogP contribution in [0.4, 0.5) is 0 Å². The van der Waals surface area contributed by atoms with Gasteiger partial charge >= 0.3 is 0 Å². The predicted octanol–water partition coefficient (Wildman–Crippen LogP) is 10.2. The van der Waals surface area contributed by atoms with E-state index < -0.39 is 0 Å². The van der Waals surface area contributed by atoms with Gasteiger partial charge in [0.25, 0.3) is 0 Å². The van der Waals surface area contributed by atoms with Gasteiger partial charge in [-0.05, 0) is 83.9 Å². The first-order valence-electron chi connectivity index (χ1n) is 15.1. The number of fused-ring (bicyclic) bond motifs is 7. The molecule has 2 nitrogen and oxygen atoms in total. The molecular formula is C38H44NO+. The molecule has 3 aromatic carbocycles. The normalized spacial score (nSPS) is 14.2. The van der Waals surface area contributed by atoms with E-state index >= 15 is 0 Å². The second-order valence-corrected chi connectivity index (χ2v) is 13.5. The second kappa shape index (κ2) is 9.61. The van der Waals surface area contributed by atoms with E-state index in [0.29, 0.717) is 17.8 Å². The van der Waals surface area contributed by atoms with Crippen LogP contribution in [0.2, 0.25) is 0 Å². The van der Waals surface area contributed by atoms with Gasteiger partial charge in [0, 0.05) is 27.8 Å². The minimum absolute atomic E-state index is 0.0328. The summed E-state index contributed by atoms with van der Waals surface area (Å²) in [5, 5.41) is 2.55. The Kier molecular flexibility index (Phi) is 6.44. The molecule has 0 saturated heterocycles. The highest BCUT2D eigenvalue weighted by Crippen LogP contribution is 2.58. The fraction of sp³-hybridized carbons (Fsp3) is 0.395. The predicted molar refractivity (Wildman–Crippen MR) is 169 cm³/mol. The molecule has 2 heterocycles. The van der Waals surface area contributed by atoms with Crippen LogP contribution in [0.5, 0.6) is 0 Å². The molecule has 6 rings (SSSR count). The number of benzene rings is 3. The van der Waals surface area contributed by atoms with Gasteiger partial charge in [0.05, 0.1) is 5.56 Å². The Balaban J connectivity index is 1.73. The Morgan fingerprint density at radius 3 is 2.17 bits per heavy atom. The molecule has 0 saturated carbocycles. The third-order valence-electron chi connectivity index (χ3n) is 9.13. The van der Waals surface area contributed by atoms with E-state index in [-0.39, 0.29) is 5.41 Å². The molecule has 1 aliphatic rings. The molecule has 0 fully saturated rings. The van der Waals surface area contributed by atoms with Crippen molar-refractivity contribution in [1.82, 2.24) is 0 Å². The van der Waals surface area contributed by atoms with Gasteiger partial charge in [-0.3, -0.25) is 0 Å². The lowest BCUT2D eigenvalue weighted by Gasteiger charge is -2.36. The Labute approximate surface area is 240 Å². The van der Waals surface area contributed by atoms with Gasteiger partial charge in [-0.25, -0.2) is 4.57 Å². The quantitative estimate of drug-likeness (QED) is 0.200. The highest BCUT2D eigenvalue weighted by Gasteiger charge is 2.45. The van der Waals surface area contributed by atoms with Crippen LogP contribution in [0, 0.1) is 25.7 Å². The lowest BCUT2D eigenvalue weighted by molar-refractivity contribution is -0.660. The number of hydrogen-bond acceptors (Lipinski definition) is 1. The summed E-state index contributed by atoms with van der Waals surface area (Å²) in [6.07, 6.45) is 4.53. The lowest BCUT2D eigenvalue weighted by atomic mass is 9.67. The third-order valence-corrected chi connectivity index (χ3v) is 9.13. The van der Waals surface area contributed by atoms with Crippen LogP contribution in [-0.2, 0) is 12.5 Å². The topological polar surface area (TPSA) is 17.0 Å². The van der Waals surface area contributed by atoms with Crippen molar-refractivity contribution >= 4 is 21.9 Å². The highest BCUT2D eigenvalue weighted by molar-refractivity contribution is 6.14. The third kappa shape index (κ3) is 3.94. The van der Waals surface area contributed by atoms with Gasteiger partial charge < -0.3 is 4.42 Å². The average Bonchev–Trinajstić information content (AvgIpc) is 3.37. The Bertz CT molecular complexity index is 1750. The monoisotopic (exact) mass is 530 g/mol. The zero-order valence-corrected chi connectivity index (χ0v) is 25.8. The fourth-order valence-electron chi connectivity index (χ4n) is 7.91. The molecule has 40 heavy (non-hydrogen) atoms. The molecule has 0 unspecified atom stereocenters. The molecule has 0 N–H and O–H groups in total. The van der Waals surface area contributed by atoms with E-state index in [1.807, 2.05) is 0 Å². The molecule has 5 aromatic rings. The van der Waals surface area contributed by atoms with E-state index in [1.165, 1.54) is 61.0 Å². The van der Waals surface area contributed by atoms with Crippen LogP contribution in [0.25, 0.3) is 44.3 Å². The van der Waals surface area contributed by atoms with E-state index in [9.17, 15) is 0 Å². The molecule has 0 amide bonds. The summed E-state index contributed by atoms with van der Waals surface area (Å²) in [5.74, 6) is 1.61. The number of furan rings is 1. The molecule has 2 heteroatoms. The number of rotatable bonds is 6. The molecule has 1 aliphatic carbocycles. The molecule has 206 valence electrons. The molecule has 0 aliphatic heterocycles. The SMILES string of the molecule is Cc1c[n+](C)c(-c2c(C)ccc3c2oc2ccc4c(c23)C(CC(C)C)(CC(C)C)c2ccccc2-4)cc1C(C)C. The smallest absolute Gasteiger partial charge is 0.216 e. The number of hydrogen-bond donors (Lipinski definition) is 0. The molecular weight excluding hydrogens is 486 g/mol. The number of pyridine rings is 1. The maximum atomic E-state index is 6.92. The van der Waals surface area contributed by atoms with Gasteiger partial charge in [-0.15, -0.1) is 0 Å². The molecule has 0 atom stereocenters. The van der Waals surface area contributed by atoms with Crippen LogP contribution in [0.1, 0.15) is 88.1 Å². The number of aromatic nitrogens is 1. The van der Waals surface area contributed by atoms with Crippen LogP contribution < -0.4 is 4.57 Å². The first-order chi connectivity index (χ1) is 19.0. The summed E-state index contributed by atoms with van der Waals surface area (Å²) < 4.78 is 9.19. The first-order valence-corrected chi connectivity index (χ1v) is 15.1. The Morgan fingerprint density at radius 2 is 1.50 bits per heavy atom. The Morgan fingerprint density at radius 1 is 0.800 bits per heavy atom.